The van der Waals surface area contributed by atoms with Crippen molar-refractivity contribution in [2.45, 2.75) is 6.92 Å². The van der Waals surface area contributed by atoms with Crippen LogP contribution in [0, 0.1) is 6.92 Å². The van der Waals surface area contributed by atoms with Crippen molar-refractivity contribution in [1.82, 2.24) is 14.9 Å². The minimum Gasteiger partial charge on any atom is -0.380 e. The SMILES string of the molecule is Cc1nn(C)c2c(=O)onc(N)c12. The molecule has 2 heterocycles. The normalized spacial score (nSPS) is 10.9. The van der Waals surface area contributed by atoms with Crippen molar-refractivity contribution in [1.29, 1.82) is 0 Å². The monoisotopic (exact) mass is 180 g/mol. The molecule has 0 bridgehead atoms. The van der Waals surface area contributed by atoms with Crippen molar-refractivity contribution < 1.29 is 4.52 Å². The zero-order valence-electron chi connectivity index (χ0n) is 7.24. The van der Waals surface area contributed by atoms with Crippen LogP contribution in [0.4, 0.5) is 5.82 Å². The molecule has 2 N–H and O–H groups in total. The summed E-state index contributed by atoms with van der Waals surface area (Å²) in [5.74, 6) is 0.195. The van der Waals surface area contributed by atoms with Crippen LogP contribution in [0.15, 0.2) is 9.32 Å². The van der Waals surface area contributed by atoms with E-state index in [0.29, 0.717) is 16.6 Å². The Bertz CT molecular complexity index is 525. The van der Waals surface area contributed by atoms with Crippen LogP contribution in [0.3, 0.4) is 0 Å². The third-order valence-electron chi connectivity index (χ3n) is 1.90. The summed E-state index contributed by atoms with van der Waals surface area (Å²) in [7, 11) is 1.66. The fourth-order valence-electron chi connectivity index (χ4n) is 1.38. The van der Waals surface area contributed by atoms with E-state index in [1.807, 2.05) is 0 Å². The molecular formula is C7H8N4O2. The molecule has 0 aliphatic carbocycles. The zero-order valence-corrected chi connectivity index (χ0v) is 7.24. The number of nitrogen functional groups attached to an aromatic ring is 1. The Kier molecular flexibility index (Phi) is 1.39. The van der Waals surface area contributed by atoms with Crippen LogP contribution in [-0.2, 0) is 7.05 Å². The quantitative estimate of drug-likeness (QED) is 0.607. The van der Waals surface area contributed by atoms with Crippen LogP contribution in [0.25, 0.3) is 10.9 Å². The molecule has 0 spiro atoms. The van der Waals surface area contributed by atoms with Gasteiger partial charge in [0.15, 0.2) is 11.3 Å². The molecule has 68 valence electrons. The smallest absolute Gasteiger partial charge is 0.380 e. The molecule has 6 heteroatoms. The summed E-state index contributed by atoms with van der Waals surface area (Å²) in [6.45, 7) is 1.76. The number of hydrogen-bond acceptors (Lipinski definition) is 5. The van der Waals surface area contributed by atoms with Gasteiger partial charge >= 0.3 is 5.63 Å². The Hall–Kier alpha value is -1.85. The van der Waals surface area contributed by atoms with E-state index in [-0.39, 0.29) is 5.82 Å². The number of nitrogens with two attached hydrogens (primary N) is 1. The van der Waals surface area contributed by atoms with E-state index in [1.54, 1.807) is 14.0 Å². The molecule has 6 nitrogen and oxygen atoms in total. The predicted octanol–water partition coefficient (Wildman–Crippen LogP) is -0.188. The van der Waals surface area contributed by atoms with Gasteiger partial charge in [0.05, 0.1) is 11.1 Å². The minimum absolute atomic E-state index is 0.195. The molecule has 0 aromatic carbocycles. The molecule has 13 heavy (non-hydrogen) atoms. The summed E-state index contributed by atoms with van der Waals surface area (Å²) < 4.78 is 5.91. The Labute approximate surface area is 72.9 Å². The summed E-state index contributed by atoms with van der Waals surface area (Å²) in [5, 5.41) is 8.03. The largest absolute Gasteiger partial charge is 0.384 e. The predicted molar refractivity (Wildman–Crippen MR) is 46.2 cm³/mol. The van der Waals surface area contributed by atoms with Crippen molar-refractivity contribution in [3.63, 3.8) is 0 Å². The Balaban J connectivity index is 3.12. The second-order valence-corrected chi connectivity index (χ2v) is 2.79. The van der Waals surface area contributed by atoms with Gasteiger partial charge in [-0.25, -0.2) is 4.79 Å². The second kappa shape index (κ2) is 2.32. The molecule has 0 aliphatic heterocycles. The lowest BCUT2D eigenvalue weighted by Crippen LogP contribution is -2.07. The number of fused-ring (bicyclic) bond motifs is 1. The standard InChI is InChI=1S/C7H8N4O2/c1-3-4-5(11(2)9-3)7(12)13-10-6(4)8/h1-2H3,(H2,8,10). The highest BCUT2D eigenvalue weighted by molar-refractivity contribution is 5.89. The summed E-state index contributed by atoms with van der Waals surface area (Å²) >= 11 is 0. The third-order valence-corrected chi connectivity index (χ3v) is 1.90. The van der Waals surface area contributed by atoms with Crippen LogP contribution in [-0.4, -0.2) is 14.9 Å². The van der Waals surface area contributed by atoms with E-state index in [2.05, 4.69) is 14.8 Å². The first kappa shape index (κ1) is 7.78. The van der Waals surface area contributed by atoms with Gasteiger partial charge in [0, 0.05) is 7.05 Å². The van der Waals surface area contributed by atoms with Gasteiger partial charge in [-0.2, -0.15) is 5.10 Å². The zero-order chi connectivity index (χ0) is 9.59. The molecule has 0 amide bonds. The second-order valence-electron chi connectivity index (χ2n) is 2.79. The summed E-state index contributed by atoms with van der Waals surface area (Å²) in [6.07, 6.45) is 0. The lowest BCUT2D eigenvalue weighted by atomic mass is 10.3. The molecule has 0 saturated heterocycles. The number of rotatable bonds is 0. The highest BCUT2D eigenvalue weighted by Gasteiger charge is 2.13. The number of aryl methyl sites for hydroxylation is 2. The fraction of sp³-hybridized carbons (Fsp3) is 0.286. The van der Waals surface area contributed by atoms with Gasteiger partial charge in [-0.3, -0.25) is 4.68 Å². The maximum Gasteiger partial charge on any atom is 0.384 e. The summed E-state index contributed by atoms with van der Waals surface area (Å²) in [6, 6.07) is 0. The molecule has 0 fully saturated rings. The van der Waals surface area contributed by atoms with Gasteiger partial charge in [0.2, 0.25) is 0 Å². The Morgan fingerprint density at radius 3 is 2.85 bits per heavy atom. The van der Waals surface area contributed by atoms with Crippen LogP contribution < -0.4 is 11.4 Å². The highest BCUT2D eigenvalue weighted by atomic mass is 16.5. The Morgan fingerprint density at radius 1 is 1.54 bits per heavy atom. The molecule has 0 aliphatic rings. The van der Waals surface area contributed by atoms with E-state index in [1.165, 1.54) is 4.68 Å². The lowest BCUT2D eigenvalue weighted by molar-refractivity contribution is 0.379. The van der Waals surface area contributed by atoms with Crippen LogP contribution in [0.2, 0.25) is 0 Å². The van der Waals surface area contributed by atoms with E-state index < -0.39 is 5.63 Å². The highest BCUT2D eigenvalue weighted by Crippen LogP contribution is 2.17. The minimum atomic E-state index is -0.521. The van der Waals surface area contributed by atoms with Gasteiger partial charge in [-0.1, -0.05) is 5.16 Å². The molecule has 0 radical (unpaired) electrons. The van der Waals surface area contributed by atoms with Gasteiger partial charge in [0.1, 0.15) is 0 Å². The maximum absolute atomic E-state index is 11.2. The van der Waals surface area contributed by atoms with E-state index in [0.717, 1.165) is 0 Å². The molecule has 2 rings (SSSR count). The van der Waals surface area contributed by atoms with Gasteiger partial charge in [0.25, 0.3) is 0 Å². The average molecular weight is 180 g/mol. The first-order valence-electron chi connectivity index (χ1n) is 3.70. The molecule has 0 atom stereocenters. The number of nitrogens with zero attached hydrogens (tertiary/aromatic N) is 3. The lowest BCUT2D eigenvalue weighted by Gasteiger charge is -1.92. The third kappa shape index (κ3) is 0.915. The molecular weight excluding hydrogens is 172 g/mol. The summed E-state index contributed by atoms with van der Waals surface area (Å²) in [4.78, 5) is 11.2. The number of anilines is 1. The molecule has 2 aromatic rings. The fourth-order valence-corrected chi connectivity index (χ4v) is 1.38. The van der Waals surface area contributed by atoms with Gasteiger partial charge < -0.3 is 10.3 Å². The van der Waals surface area contributed by atoms with Crippen molar-refractivity contribution in [3.05, 3.63) is 16.1 Å². The van der Waals surface area contributed by atoms with E-state index in [9.17, 15) is 4.79 Å². The topological polar surface area (TPSA) is 86.9 Å². The Morgan fingerprint density at radius 2 is 2.23 bits per heavy atom. The van der Waals surface area contributed by atoms with E-state index in [4.69, 9.17) is 5.73 Å². The summed E-state index contributed by atoms with van der Waals surface area (Å²) in [5.41, 5.74) is 6.05. The van der Waals surface area contributed by atoms with Gasteiger partial charge in [-0.05, 0) is 6.92 Å². The number of aromatic nitrogens is 3. The average Bonchev–Trinajstić information content (AvgIpc) is 2.36. The van der Waals surface area contributed by atoms with Crippen LogP contribution >= 0.6 is 0 Å². The maximum atomic E-state index is 11.2. The van der Waals surface area contributed by atoms with E-state index >= 15 is 0 Å². The molecule has 2 aromatic heterocycles. The van der Waals surface area contributed by atoms with Crippen LogP contribution in [0.1, 0.15) is 5.69 Å². The molecule has 0 saturated carbocycles. The van der Waals surface area contributed by atoms with Crippen LogP contribution in [0.5, 0.6) is 0 Å². The van der Waals surface area contributed by atoms with Crippen molar-refractivity contribution in [3.8, 4) is 0 Å². The first-order valence-corrected chi connectivity index (χ1v) is 3.70. The van der Waals surface area contributed by atoms with Crippen molar-refractivity contribution in [2.75, 3.05) is 5.73 Å². The van der Waals surface area contributed by atoms with Crippen molar-refractivity contribution in [2.24, 2.45) is 7.05 Å². The first-order chi connectivity index (χ1) is 6.11. The van der Waals surface area contributed by atoms with Crippen molar-refractivity contribution >= 4 is 16.7 Å². The number of hydrogen-bond donors (Lipinski definition) is 1. The van der Waals surface area contributed by atoms with Gasteiger partial charge in [-0.15, -0.1) is 0 Å². The molecule has 0 unspecified atom stereocenters.